The van der Waals surface area contributed by atoms with Crippen LogP contribution < -0.4 is 9.05 Å². The fourth-order valence-corrected chi connectivity index (χ4v) is 2.47. The molecule has 0 saturated carbocycles. The van der Waals surface area contributed by atoms with Crippen molar-refractivity contribution in [2.24, 2.45) is 0 Å². The average molecular weight is 297 g/mol. The minimum absolute atomic E-state index is 0.382. The van der Waals surface area contributed by atoms with Crippen LogP contribution in [0.5, 0.6) is 11.5 Å². The molecule has 5 heteroatoms. The van der Waals surface area contributed by atoms with Crippen LogP contribution >= 0.6 is 20.2 Å². The van der Waals surface area contributed by atoms with E-state index in [0.717, 1.165) is 0 Å². The van der Waals surface area contributed by atoms with Crippen LogP contribution in [-0.4, -0.2) is 12.5 Å². The van der Waals surface area contributed by atoms with Gasteiger partial charge in [0.1, 0.15) is 11.5 Å². The molecule has 100 valence electrons. The van der Waals surface area contributed by atoms with E-state index in [1.807, 2.05) is 60.7 Å². The van der Waals surface area contributed by atoms with Crippen LogP contribution in [0.3, 0.4) is 0 Å². The van der Waals surface area contributed by atoms with Gasteiger partial charge in [-0.25, -0.2) is 0 Å². The van der Waals surface area contributed by atoms with Crippen molar-refractivity contribution in [2.45, 2.75) is 0 Å². The first kappa shape index (κ1) is 14.1. The van der Waals surface area contributed by atoms with Gasteiger partial charge in [-0.15, -0.1) is 11.6 Å². The van der Waals surface area contributed by atoms with Crippen molar-refractivity contribution in [3.63, 3.8) is 0 Å². The van der Waals surface area contributed by atoms with Crippen LogP contribution in [0, 0.1) is 0 Å². The monoisotopic (exact) mass is 296 g/mol. The summed E-state index contributed by atoms with van der Waals surface area (Å²) in [5, 5.41) is 0. The molecule has 2 aromatic rings. The molecule has 0 spiro atoms. The third-order valence-corrected chi connectivity index (χ3v) is 3.39. The Morgan fingerprint density at radius 1 is 0.789 bits per heavy atom. The molecule has 0 amide bonds. The lowest BCUT2D eigenvalue weighted by molar-refractivity contribution is 0.281. The molecule has 0 aliphatic rings. The number of hydrogen-bond donors (Lipinski definition) is 0. The molecule has 0 atom stereocenters. The summed E-state index contributed by atoms with van der Waals surface area (Å²) in [5.74, 6) is 1.81. The maximum Gasteiger partial charge on any atom is 0.463 e. The van der Waals surface area contributed by atoms with Gasteiger partial charge >= 0.3 is 8.60 Å². The number of halogens is 1. The third kappa shape index (κ3) is 5.07. The highest BCUT2D eigenvalue weighted by Crippen LogP contribution is 2.41. The predicted molar refractivity (Wildman–Crippen MR) is 77.7 cm³/mol. The van der Waals surface area contributed by atoms with E-state index in [1.165, 1.54) is 0 Å². The molecule has 0 bridgehead atoms. The van der Waals surface area contributed by atoms with Gasteiger partial charge in [-0.1, -0.05) is 36.4 Å². The first-order valence-corrected chi connectivity index (χ1v) is 7.46. The average Bonchev–Trinajstić information content (AvgIpc) is 2.47. The highest BCUT2D eigenvalue weighted by molar-refractivity contribution is 7.42. The normalized spacial score (nSPS) is 10.4. The van der Waals surface area contributed by atoms with E-state index in [4.69, 9.17) is 25.2 Å². The second-order valence-corrected chi connectivity index (χ2v) is 5.00. The second kappa shape index (κ2) is 8.00. The van der Waals surface area contributed by atoms with Crippen molar-refractivity contribution in [3.05, 3.63) is 60.7 Å². The molecule has 0 aliphatic carbocycles. The summed E-state index contributed by atoms with van der Waals surface area (Å²) in [4.78, 5) is 0. The molecule has 3 nitrogen and oxygen atoms in total. The number of hydrogen-bond acceptors (Lipinski definition) is 3. The Hall–Kier alpha value is -1.28. The molecule has 0 radical (unpaired) electrons. The van der Waals surface area contributed by atoms with Crippen molar-refractivity contribution in [2.75, 3.05) is 12.5 Å². The Morgan fingerprint density at radius 3 is 1.68 bits per heavy atom. The Kier molecular flexibility index (Phi) is 5.96. The van der Waals surface area contributed by atoms with Crippen molar-refractivity contribution in [1.82, 2.24) is 0 Å². The number of rotatable bonds is 7. The molecule has 19 heavy (non-hydrogen) atoms. The number of alkyl halides is 1. The topological polar surface area (TPSA) is 27.7 Å². The Bertz CT molecular complexity index is 425. The smallest absolute Gasteiger partial charge is 0.418 e. The van der Waals surface area contributed by atoms with Crippen LogP contribution in [0.4, 0.5) is 0 Å². The predicted octanol–water partition coefficient (Wildman–Crippen LogP) is 4.63. The summed E-state index contributed by atoms with van der Waals surface area (Å²) >= 11 is 5.63. The van der Waals surface area contributed by atoms with Gasteiger partial charge in [0, 0.05) is 5.88 Å². The molecule has 0 unspecified atom stereocenters. The lowest BCUT2D eigenvalue weighted by Gasteiger charge is -2.16. The molecule has 2 aromatic carbocycles. The van der Waals surface area contributed by atoms with E-state index < -0.39 is 8.60 Å². The van der Waals surface area contributed by atoms with Crippen LogP contribution in [0.2, 0.25) is 0 Å². The lowest BCUT2D eigenvalue weighted by Crippen LogP contribution is -2.01. The van der Waals surface area contributed by atoms with Gasteiger partial charge in [-0.2, -0.15) is 0 Å². The summed E-state index contributed by atoms with van der Waals surface area (Å²) in [6, 6.07) is 18.8. The molecule has 2 rings (SSSR count). The van der Waals surface area contributed by atoms with E-state index in [9.17, 15) is 0 Å². The van der Waals surface area contributed by atoms with E-state index >= 15 is 0 Å². The summed E-state index contributed by atoms with van der Waals surface area (Å²) in [5.41, 5.74) is 0. The number of para-hydroxylation sites is 2. The SMILES string of the molecule is ClCCOP(Oc1ccccc1)Oc1ccccc1. The van der Waals surface area contributed by atoms with Crippen molar-refractivity contribution in [3.8, 4) is 11.5 Å². The van der Waals surface area contributed by atoms with Crippen LogP contribution in [0.15, 0.2) is 60.7 Å². The highest BCUT2D eigenvalue weighted by atomic mass is 35.5. The van der Waals surface area contributed by atoms with Gasteiger partial charge in [0.05, 0.1) is 6.61 Å². The molecule has 0 heterocycles. The van der Waals surface area contributed by atoms with Gasteiger partial charge in [0.15, 0.2) is 0 Å². The minimum atomic E-state index is -1.50. The van der Waals surface area contributed by atoms with Crippen LogP contribution in [0.25, 0.3) is 0 Å². The van der Waals surface area contributed by atoms with E-state index in [2.05, 4.69) is 0 Å². The van der Waals surface area contributed by atoms with Crippen molar-refractivity contribution >= 4 is 20.2 Å². The summed E-state index contributed by atoms with van der Waals surface area (Å²) in [6.07, 6.45) is 0. The maximum atomic E-state index is 5.68. The van der Waals surface area contributed by atoms with E-state index in [0.29, 0.717) is 24.0 Å². The van der Waals surface area contributed by atoms with Crippen molar-refractivity contribution < 1.29 is 13.6 Å². The zero-order chi connectivity index (χ0) is 13.3. The number of benzene rings is 2. The van der Waals surface area contributed by atoms with Gasteiger partial charge in [-0.3, -0.25) is 4.52 Å². The highest BCUT2D eigenvalue weighted by Gasteiger charge is 2.16. The van der Waals surface area contributed by atoms with Gasteiger partial charge in [-0.05, 0) is 24.3 Å². The quantitative estimate of drug-likeness (QED) is 0.551. The lowest BCUT2D eigenvalue weighted by atomic mass is 10.3. The van der Waals surface area contributed by atoms with Gasteiger partial charge in [0.2, 0.25) is 0 Å². The summed E-state index contributed by atoms with van der Waals surface area (Å²) in [7, 11) is -1.50. The Balaban J connectivity index is 1.99. The van der Waals surface area contributed by atoms with Gasteiger partial charge in [0.25, 0.3) is 0 Å². The van der Waals surface area contributed by atoms with Gasteiger partial charge < -0.3 is 9.05 Å². The summed E-state index contributed by atoms with van der Waals surface area (Å²) in [6.45, 7) is 0.382. The first-order chi connectivity index (χ1) is 9.38. The summed E-state index contributed by atoms with van der Waals surface area (Å²) < 4.78 is 16.9. The van der Waals surface area contributed by atoms with E-state index in [-0.39, 0.29) is 0 Å². The fraction of sp³-hybridized carbons (Fsp3) is 0.143. The van der Waals surface area contributed by atoms with Crippen LogP contribution in [0.1, 0.15) is 0 Å². The Morgan fingerprint density at radius 2 is 1.26 bits per heavy atom. The first-order valence-electron chi connectivity index (χ1n) is 5.83. The molecular formula is C14H14ClO3P. The molecule has 0 N–H and O–H groups in total. The minimum Gasteiger partial charge on any atom is -0.418 e. The second-order valence-electron chi connectivity index (χ2n) is 3.55. The fourth-order valence-electron chi connectivity index (χ4n) is 1.32. The molecule has 0 fully saturated rings. The largest absolute Gasteiger partial charge is 0.463 e. The molecule has 0 aromatic heterocycles. The third-order valence-electron chi connectivity index (χ3n) is 2.12. The zero-order valence-electron chi connectivity index (χ0n) is 10.2. The molecule has 0 saturated heterocycles. The standard InChI is InChI=1S/C14H14ClO3P/c15-11-12-16-19(17-13-7-3-1-4-8-13)18-14-9-5-2-6-10-14/h1-10H,11-12H2. The zero-order valence-corrected chi connectivity index (χ0v) is 11.9. The Labute approximate surface area is 119 Å². The van der Waals surface area contributed by atoms with E-state index in [1.54, 1.807) is 0 Å². The molecule has 0 aliphatic heterocycles. The maximum absolute atomic E-state index is 5.68. The van der Waals surface area contributed by atoms with Crippen molar-refractivity contribution in [1.29, 1.82) is 0 Å². The molecular weight excluding hydrogens is 283 g/mol. The van der Waals surface area contributed by atoms with Crippen LogP contribution in [-0.2, 0) is 4.52 Å².